The molecule has 24 heavy (non-hydrogen) atoms. The molecule has 1 saturated heterocycles. The minimum atomic E-state index is -0.671. The molecular weight excluding hydrogens is 405 g/mol. The zero-order chi connectivity index (χ0) is 16.9. The molecule has 1 aromatic heterocycles. The molecule has 1 atom stereocenters. The van der Waals surface area contributed by atoms with Crippen molar-refractivity contribution in [2.24, 2.45) is 5.73 Å². The number of hydrogen-bond acceptors (Lipinski definition) is 5. The number of nitrogens with zero attached hydrogens (tertiary/aromatic N) is 4. The number of fused-ring (bicyclic) bond motifs is 1. The van der Waals surface area contributed by atoms with Crippen LogP contribution in [0.15, 0.2) is 10.5 Å². The Morgan fingerprint density at radius 1 is 1.54 bits per heavy atom. The highest BCUT2D eigenvalue weighted by molar-refractivity contribution is 9.10. The summed E-state index contributed by atoms with van der Waals surface area (Å²) in [7, 11) is 0. The van der Waals surface area contributed by atoms with Crippen molar-refractivity contribution < 1.29 is 9.31 Å². The van der Waals surface area contributed by atoms with Gasteiger partial charge in [-0.25, -0.2) is 9.37 Å². The van der Waals surface area contributed by atoms with Crippen LogP contribution >= 0.6 is 28.3 Å². The fourth-order valence-corrected chi connectivity index (χ4v) is 3.46. The van der Waals surface area contributed by atoms with E-state index in [9.17, 15) is 14.5 Å². The van der Waals surface area contributed by atoms with E-state index in [-0.39, 0.29) is 40.2 Å². The molecule has 2 N–H and O–H groups in total. The van der Waals surface area contributed by atoms with E-state index in [1.807, 2.05) is 23.3 Å². The Kier molecular flexibility index (Phi) is 5.36. The number of anilines is 1. The molecule has 1 aliphatic rings. The van der Waals surface area contributed by atoms with Gasteiger partial charge in [0, 0.05) is 31.2 Å². The summed E-state index contributed by atoms with van der Waals surface area (Å²) >= 11 is 2.97. The van der Waals surface area contributed by atoms with Gasteiger partial charge in [-0.05, 0) is 36.2 Å². The Labute approximate surface area is 152 Å². The minimum Gasteiger partial charge on any atom is -0.341 e. The molecule has 0 spiro atoms. The molecular formula is C14H18BrClFN5O2. The van der Waals surface area contributed by atoms with Gasteiger partial charge in [-0.15, -0.1) is 12.4 Å². The van der Waals surface area contributed by atoms with Gasteiger partial charge in [0.05, 0.1) is 10.4 Å². The number of hydrogen-bond donors (Lipinski definition) is 1. The Morgan fingerprint density at radius 3 is 2.71 bits per heavy atom. The topological polar surface area (TPSA) is 90.2 Å². The molecule has 2 aromatic rings. The van der Waals surface area contributed by atoms with Crippen LogP contribution in [0.5, 0.6) is 0 Å². The minimum absolute atomic E-state index is 0. The zero-order valence-corrected chi connectivity index (χ0v) is 15.6. The third-order valence-electron chi connectivity index (χ3n) is 4.04. The molecule has 0 aliphatic carbocycles. The average Bonchev–Trinajstić information content (AvgIpc) is 3.02. The monoisotopic (exact) mass is 421 g/mol. The number of halogens is 3. The van der Waals surface area contributed by atoms with Crippen LogP contribution in [-0.2, 0) is 0 Å². The first-order valence-electron chi connectivity index (χ1n) is 7.36. The molecule has 10 heteroatoms. The maximum Gasteiger partial charge on any atom is 0.314 e. The number of nitrogens with two attached hydrogens (primary N) is 1. The standard InChI is InChI=1S/C14H17BrFN5O2.ClH/c1-7(2)20-10-5-9(16)11(15)13(21(22)23)12(10)18-14(20)19-4-3-8(17)6-19;/h5,7-8H,3-4,6,17H2,1-2H3;1H/t8-;/m1./s1. The van der Waals surface area contributed by atoms with E-state index in [0.717, 1.165) is 13.0 Å². The highest BCUT2D eigenvalue weighted by Gasteiger charge is 2.31. The molecule has 3 rings (SSSR count). The number of imidazole rings is 1. The van der Waals surface area contributed by atoms with Crippen LogP contribution in [0, 0.1) is 15.9 Å². The van der Waals surface area contributed by atoms with Crippen LogP contribution in [0.3, 0.4) is 0 Å². The van der Waals surface area contributed by atoms with Crippen LogP contribution in [-0.4, -0.2) is 33.6 Å². The third kappa shape index (κ3) is 2.96. The first kappa shape index (κ1) is 18.9. The smallest absolute Gasteiger partial charge is 0.314 e. The van der Waals surface area contributed by atoms with Crippen LogP contribution < -0.4 is 10.6 Å². The molecule has 2 heterocycles. The Morgan fingerprint density at radius 2 is 2.21 bits per heavy atom. The van der Waals surface area contributed by atoms with Crippen molar-refractivity contribution in [3.05, 3.63) is 26.5 Å². The van der Waals surface area contributed by atoms with E-state index in [4.69, 9.17) is 5.73 Å². The third-order valence-corrected chi connectivity index (χ3v) is 4.80. The SMILES string of the molecule is CC(C)n1c(N2CC[C@@H](N)C2)nc2c([N+](=O)[O-])c(Br)c(F)cc21.Cl. The normalized spacial score (nSPS) is 17.6. The van der Waals surface area contributed by atoms with Crippen molar-refractivity contribution in [3.8, 4) is 0 Å². The number of rotatable bonds is 3. The van der Waals surface area contributed by atoms with Crippen LogP contribution in [0.25, 0.3) is 11.0 Å². The molecule has 132 valence electrons. The van der Waals surface area contributed by atoms with Crippen LogP contribution in [0.4, 0.5) is 16.0 Å². The highest BCUT2D eigenvalue weighted by atomic mass is 79.9. The van der Waals surface area contributed by atoms with Gasteiger partial charge < -0.3 is 15.2 Å². The van der Waals surface area contributed by atoms with Gasteiger partial charge in [0.15, 0.2) is 5.52 Å². The Hall–Kier alpha value is -1.45. The fraction of sp³-hybridized carbons (Fsp3) is 0.500. The number of nitro groups is 1. The van der Waals surface area contributed by atoms with Gasteiger partial charge in [0.1, 0.15) is 10.3 Å². The highest BCUT2D eigenvalue weighted by Crippen LogP contribution is 2.39. The van der Waals surface area contributed by atoms with Crippen molar-refractivity contribution in [1.82, 2.24) is 9.55 Å². The maximum atomic E-state index is 14.1. The summed E-state index contributed by atoms with van der Waals surface area (Å²) in [6.45, 7) is 5.24. The van der Waals surface area contributed by atoms with Crippen molar-refractivity contribution in [1.29, 1.82) is 0 Å². The van der Waals surface area contributed by atoms with Crippen molar-refractivity contribution in [2.45, 2.75) is 32.4 Å². The maximum absolute atomic E-state index is 14.1. The lowest BCUT2D eigenvalue weighted by atomic mass is 10.2. The molecule has 1 aromatic carbocycles. The van der Waals surface area contributed by atoms with Gasteiger partial charge in [-0.2, -0.15) is 0 Å². The summed E-state index contributed by atoms with van der Waals surface area (Å²) in [6.07, 6.45) is 0.835. The van der Waals surface area contributed by atoms with Crippen molar-refractivity contribution in [3.63, 3.8) is 0 Å². The van der Waals surface area contributed by atoms with Gasteiger partial charge in [-0.1, -0.05) is 0 Å². The molecule has 0 amide bonds. The predicted octanol–water partition coefficient (Wildman–Crippen LogP) is 3.39. The summed E-state index contributed by atoms with van der Waals surface area (Å²) in [5.74, 6) is -0.0702. The first-order chi connectivity index (χ1) is 10.8. The van der Waals surface area contributed by atoms with E-state index in [2.05, 4.69) is 20.9 Å². The molecule has 7 nitrogen and oxygen atoms in total. The number of aromatic nitrogens is 2. The second-order valence-corrected chi connectivity index (χ2v) is 6.81. The summed E-state index contributed by atoms with van der Waals surface area (Å²) in [6, 6.07) is 1.32. The lowest BCUT2D eigenvalue weighted by molar-refractivity contribution is -0.384. The lowest BCUT2D eigenvalue weighted by Crippen LogP contribution is -2.28. The van der Waals surface area contributed by atoms with Crippen LogP contribution in [0.2, 0.25) is 0 Å². The molecule has 0 radical (unpaired) electrons. The average molecular weight is 423 g/mol. The number of nitro benzene ring substituents is 1. The quantitative estimate of drug-likeness (QED) is 0.605. The van der Waals surface area contributed by atoms with Gasteiger partial charge in [0.2, 0.25) is 5.95 Å². The fourth-order valence-electron chi connectivity index (χ4n) is 3.01. The van der Waals surface area contributed by atoms with E-state index >= 15 is 0 Å². The molecule has 0 saturated carbocycles. The second kappa shape index (κ2) is 6.81. The molecule has 1 aliphatic heterocycles. The lowest BCUT2D eigenvalue weighted by Gasteiger charge is -2.21. The van der Waals surface area contributed by atoms with Gasteiger partial charge >= 0.3 is 5.69 Å². The van der Waals surface area contributed by atoms with Crippen molar-refractivity contribution >= 4 is 51.0 Å². The summed E-state index contributed by atoms with van der Waals surface area (Å²) in [5.41, 5.74) is 6.22. The van der Waals surface area contributed by atoms with Crippen LogP contribution in [0.1, 0.15) is 26.3 Å². The zero-order valence-electron chi connectivity index (χ0n) is 13.2. The summed E-state index contributed by atoms with van der Waals surface area (Å²) in [5, 5.41) is 11.4. The molecule has 0 unspecified atom stereocenters. The number of benzene rings is 1. The molecule has 0 bridgehead atoms. The van der Waals surface area contributed by atoms with Gasteiger partial charge in [0.25, 0.3) is 0 Å². The largest absolute Gasteiger partial charge is 0.341 e. The van der Waals surface area contributed by atoms with Gasteiger partial charge in [-0.3, -0.25) is 10.1 Å². The van der Waals surface area contributed by atoms with E-state index < -0.39 is 10.7 Å². The van der Waals surface area contributed by atoms with E-state index in [1.165, 1.54) is 6.07 Å². The summed E-state index contributed by atoms with van der Waals surface area (Å²) < 4.78 is 15.8. The Balaban J connectivity index is 0.00000208. The predicted molar refractivity (Wildman–Crippen MR) is 96.5 cm³/mol. The van der Waals surface area contributed by atoms with E-state index in [0.29, 0.717) is 18.0 Å². The second-order valence-electron chi connectivity index (χ2n) is 6.02. The molecule has 1 fully saturated rings. The van der Waals surface area contributed by atoms with E-state index in [1.54, 1.807) is 0 Å². The first-order valence-corrected chi connectivity index (χ1v) is 8.15. The summed E-state index contributed by atoms with van der Waals surface area (Å²) in [4.78, 5) is 17.2. The van der Waals surface area contributed by atoms with Crippen molar-refractivity contribution in [2.75, 3.05) is 18.0 Å². The Bertz CT molecular complexity index is 797.